The SMILES string of the molecule is O=C(Cc1ccc(OCCN2CCCC2)cc1)Nc1cc(C2CC2)n(S(=O)(=O)C(F)(F)F)n1. The van der Waals surface area contributed by atoms with Gasteiger partial charge in [0, 0.05) is 18.5 Å². The molecule has 1 aromatic heterocycles. The third kappa shape index (κ3) is 5.67. The molecule has 0 atom stereocenters. The zero-order valence-electron chi connectivity index (χ0n) is 17.8. The molecule has 12 heteroatoms. The molecule has 1 saturated carbocycles. The molecular weight excluding hydrogens is 461 g/mol. The van der Waals surface area contributed by atoms with Gasteiger partial charge in [0.05, 0.1) is 12.1 Å². The van der Waals surface area contributed by atoms with Crippen molar-refractivity contribution < 1.29 is 31.1 Å². The monoisotopic (exact) mass is 486 g/mol. The smallest absolute Gasteiger partial charge is 0.492 e. The van der Waals surface area contributed by atoms with E-state index in [4.69, 9.17) is 4.74 Å². The van der Waals surface area contributed by atoms with Crippen molar-refractivity contribution in [2.24, 2.45) is 0 Å². The zero-order chi connectivity index (χ0) is 23.6. The molecule has 1 saturated heterocycles. The van der Waals surface area contributed by atoms with E-state index in [0.717, 1.165) is 19.6 Å². The van der Waals surface area contributed by atoms with E-state index < -0.39 is 21.4 Å². The van der Waals surface area contributed by atoms with Gasteiger partial charge in [-0.15, -0.1) is 5.10 Å². The number of halogens is 3. The predicted octanol–water partition coefficient (Wildman–Crippen LogP) is 3.11. The van der Waals surface area contributed by atoms with Crippen LogP contribution in [0, 0.1) is 0 Å². The summed E-state index contributed by atoms with van der Waals surface area (Å²) in [4.78, 5) is 14.7. The normalized spacial score (nSPS) is 17.3. The Morgan fingerprint density at radius 3 is 2.42 bits per heavy atom. The molecule has 1 aromatic carbocycles. The van der Waals surface area contributed by atoms with E-state index in [1.165, 1.54) is 18.9 Å². The number of ether oxygens (including phenoxy) is 1. The van der Waals surface area contributed by atoms with Crippen molar-refractivity contribution in [2.75, 3.05) is 31.6 Å². The van der Waals surface area contributed by atoms with E-state index in [0.29, 0.717) is 30.8 Å². The average molecular weight is 487 g/mol. The van der Waals surface area contributed by atoms with E-state index in [2.05, 4.69) is 15.3 Å². The van der Waals surface area contributed by atoms with Crippen molar-refractivity contribution in [3.63, 3.8) is 0 Å². The summed E-state index contributed by atoms with van der Waals surface area (Å²) >= 11 is 0. The molecule has 0 spiro atoms. The van der Waals surface area contributed by atoms with Gasteiger partial charge in [-0.25, -0.2) is 0 Å². The third-order valence-electron chi connectivity index (χ3n) is 5.65. The van der Waals surface area contributed by atoms with Crippen LogP contribution in [0.3, 0.4) is 0 Å². The maximum Gasteiger partial charge on any atom is 0.518 e. The van der Waals surface area contributed by atoms with Crippen molar-refractivity contribution in [1.29, 1.82) is 0 Å². The molecule has 2 fully saturated rings. The van der Waals surface area contributed by atoms with E-state index in [1.54, 1.807) is 24.3 Å². The lowest BCUT2D eigenvalue weighted by molar-refractivity contribution is -0.115. The second kappa shape index (κ2) is 9.34. The molecule has 0 unspecified atom stereocenters. The first kappa shape index (κ1) is 23.6. The first-order valence-electron chi connectivity index (χ1n) is 10.8. The fraction of sp³-hybridized carbons (Fsp3) is 0.524. The van der Waals surface area contributed by atoms with Crippen molar-refractivity contribution in [1.82, 2.24) is 14.1 Å². The largest absolute Gasteiger partial charge is 0.518 e. The van der Waals surface area contributed by atoms with Gasteiger partial charge in [-0.05, 0) is 56.5 Å². The van der Waals surface area contributed by atoms with Crippen LogP contribution in [0.5, 0.6) is 5.75 Å². The second-order valence-corrected chi connectivity index (χ2v) is 10.0. The first-order valence-corrected chi connectivity index (χ1v) is 12.2. The minimum Gasteiger partial charge on any atom is -0.492 e. The number of benzene rings is 1. The van der Waals surface area contributed by atoms with E-state index in [-0.39, 0.29) is 27.9 Å². The molecule has 8 nitrogen and oxygen atoms in total. The van der Waals surface area contributed by atoms with Gasteiger partial charge in [0.2, 0.25) is 5.91 Å². The Hall–Kier alpha value is -2.60. The third-order valence-corrected chi connectivity index (χ3v) is 6.98. The quantitative estimate of drug-likeness (QED) is 0.586. The van der Waals surface area contributed by atoms with E-state index in [9.17, 15) is 26.4 Å². The van der Waals surface area contributed by atoms with Crippen LogP contribution in [0.1, 0.15) is 42.9 Å². The minimum atomic E-state index is -5.67. The summed E-state index contributed by atoms with van der Waals surface area (Å²) in [6.45, 7) is 3.64. The summed E-state index contributed by atoms with van der Waals surface area (Å²) in [6, 6.07) is 8.15. The summed E-state index contributed by atoms with van der Waals surface area (Å²) < 4.78 is 68.3. The highest BCUT2D eigenvalue weighted by Crippen LogP contribution is 2.42. The van der Waals surface area contributed by atoms with Gasteiger partial charge in [-0.1, -0.05) is 12.1 Å². The molecule has 1 aliphatic carbocycles. The van der Waals surface area contributed by atoms with Crippen molar-refractivity contribution in [2.45, 2.75) is 43.5 Å². The van der Waals surface area contributed by atoms with Crippen molar-refractivity contribution in [3.05, 3.63) is 41.6 Å². The van der Waals surface area contributed by atoms with Crippen LogP contribution in [0.2, 0.25) is 0 Å². The number of rotatable bonds is 9. The maximum atomic E-state index is 13.0. The highest BCUT2D eigenvalue weighted by Gasteiger charge is 2.50. The number of likely N-dealkylation sites (tertiary alicyclic amines) is 1. The molecular formula is C21H25F3N4O4S. The van der Waals surface area contributed by atoms with Gasteiger partial charge < -0.3 is 10.1 Å². The van der Waals surface area contributed by atoms with Gasteiger partial charge >= 0.3 is 15.5 Å². The van der Waals surface area contributed by atoms with Crippen LogP contribution in [0.4, 0.5) is 19.0 Å². The molecule has 2 aliphatic rings. The average Bonchev–Trinajstić information content (AvgIpc) is 3.28. The van der Waals surface area contributed by atoms with Gasteiger partial charge in [0.15, 0.2) is 5.82 Å². The molecule has 0 radical (unpaired) electrons. The van der Waals surface area contributed by atoms with Crippen molar-refractivity contribution in [3.8, 4) is 5.75 Å². The number of hydrogen-bond acceptors (Lipinski definition) is 6. The molecule has 33 heavy (non-hydrogen) atoms. The number of amides is 1. The standard InChI is InChI=1S/C21H25F3N4O4S/c22-21(23,24)33(30,31)28-18(16-5-6-16)14-19(26-28)25-20(29)13-15-3-7-17(8-4-15)32-12-11-27-9-1-2-10-27/h3-4,7-8,14,16H,1-2,5-6,9-13H2,(H,25,26,29). The maximum absolute atomic E-state index is 13.0. The fourth-order valence-electron chi connectivity index (χ4n) is 3.76. The Labute approximate surface area is 189 Å². The molecule has 2 heterocycles. The van der Waals surface area contributed by atoms with E-state index in [1.807, 2.05) is 0 Å². The lowest BCUT2D eigenvalue weighted by Gasteiger charge is -2.15. The molecule has 180 valence electrons. The van der Waals surface area contributed by atoms with E-state index >= 15 is 0 Å². The number of carbonyl (C=O) groups excluding carboxylic acids is 1. The summed E-state index contributed by atoms with van der Waals surface area (Å²) in [5.74, 6) is -0.382. The van der Waals surface area contributed by atoms with Gasteiger partial charge in [0.25, 0.3) is 0 Å². The topological polar surface area (TPSA) is 93.5 Å². The van der Waals surface area contributed by atoms with Crippen LogP contribution in [-0.2, 0) is 21.2 Å². The summed E-state index contributed by atoms with van der Waals surface area (Å²) in [5.41, 5.74) is -4.88. The van der Waals surface area contributed by atoms with Crippen LogP contribution >= 0.6 is 0 Å². The number of nitrogens with one attached hydrogen (secondary N) is 1. The summed E-state index contributed by atoms with van der Waals surface area (Å²) in [5, 5.41) is 5.92. The summed E-state index contributed by atoms with van der Waals surface area (Å²) in [7, 11) is -5.67. The minimum absolute atomic E-state index is 0.00540. The Bertz CT molecular complexity index is 1090. The Morgan fingerprint density at radius 1 is 1.15 bits per heavy atom. The second-order valence-electron chi connectivity index (χ2n) is 8.29. The number of alkyl halides is 3. The molecule has 1 amide bonds. The highest BCUT2D eigenvalue weighted by molar-refractivity contribution is 7.90. The Kier molecular flexibility index (Phi) is 6.66. The number of nitrogens with zero attached hydrogens (tertiary/aromatic N) is 3. The molecule has 1 N–H and O–H groups in total. The summed E-state index contributed by atoms with van der Waals surface area (Å²) in [6.07, 6.45) is 3.53. The van der Waals surface area contributed by atoms with Gasteiger partial charge in [-0.2, -0.15) is 25.7 Å². The fourth-order valence-corrected chi connectivity index (χ4v) is 4.63. The number of anilines is 1. The number of aromatic nitrogens is 2. The van der Waals surface area contributed by atoms with Crippen LogP contribution in [0.15, 0.2) is 30.3 Å². The predicted molar refractivity (Wildman–Crippen MR) is 115 cm³/mol. The first-order chi connectivity index (χ1) is 15.6. The highest BCUT2D eigenvalue weighted by atomic mass is 32.2. The van der Waals surface area contributed by atoms with Crippen LogP contribution in [0.25, 0.3) is 0 Å². The molecule has 4 rings (SSSR count). The van der Waals surface area contributed by atoms with Gasteiger partial charge in [0.1, 0.15) is 12.4 Å². The molecule has 2 aromatic rings. The van der Waals surface area contributed by atoms with Gasteiger partial charge in [-0.3, -0.25) is 9.69 Å². The molecule has 0 bridgehead atoms. The number of carbonyl (C=O) groups is 1. The van der Waals surface area contributed by atoms with Crippen LogP contribution in [-0.4, -0.2) is 60.2 Å². The molecule has 1 aliphatic heterocycles. The van der Waals surface area contributed by atoms with Crippen molar-refractivity contribution >= 4 is 21.7 Å². The zero-order valence-corrected chi connectivity index (χ0v) is 18.7. The Morgan fingerprint density at radius 2 is 1.82 bits per heavy atom. The lowest BCUT2D eigenvalue weighted by atomic mass is 10.1. The lowest BCUT2D eigenvalue weighted by Crippen LogP contribution is -2.31. The van der Waals surface area contributed by atoms with Crippen LogP contribution < -0.4 is 10.1 Å². The number of hydrogen-bond donors (Lipinski definition) is 1. The Balaban J connectivity index is 1.34.